The lowest BCUT2D eigenvalue weighted by Crippen LogP contribution is -2.28. The highest BCUT2D eigenvalue weighted by atomic mass is 16.5. The Labute approximate surface area is 68.1 Å². The first-order chi connectivity index (χ1) is 5.34. The summed E-state index contributed by atoms with van der Waals surface area (Å²) in [6.07, 6.45) is 4.08. The van der Waals surface area contributed by atoms with E-state index in [1.807, 2.05) is 0 Å². The molecule has 1 fully saturated rings. The summed E-state index contributed by atoms with van der Waals surface area (Å²) in [5, 5.41) is 0. The second-order valence-corrected chi connectivity index (χ2v) is 2.93. The number of hydrogen-bond acceptors (Lipinski definition) is 2. The first kappa shape index (κ1) is 8.38. The summed E-state index contributed by atoms with van der Waals surface area (Å²) in [6.45, 7) is 5.40. The van der Waals surface area contributed by atoms with Crippen LogP contribution in [0.3, 0.4) is 0 Å². The van der Waals surface area contributed by atoms with Crippen LogP contribution in [0.15, 0.2) is 18.6 Å². The van der Waals surface area contributed by atoms with E-state index in [2.05, 4.69) is 24.3 Å². The molecule has 1 atom stereocenters. The van der Waals surface area contributed by atoms with Crippen LogP contribution in [-0.4, -0.2) is 31.1 Å². The maximum Gasteiger partial charge on any atom is 0.124 e. The van der Waals surface area contributed by atoms with Crippen LogP contribution >= 0.6 is 0 Å². The molecule has 0 saturated carbocycles. The van der Waals surface area contributed by atoms with Crippen molar-refractivity contribution in [2.24, 2.45) is 0 Å². The van der Waals surface area contributed by atoms with Crippen LogP contribution in [0, 0.1) is 0 Å². The van der Waals surface area contributed by atoms with Crippen molar-refractivity contribution in [3.05, 3.63) is 18.6 Å². The normalized spacial score (nSPS) is 24.6. The molecule has 0 radical (unpaired) electrons. The fraction of sp³-hybridized carbons (Fsp3) is 0.667. The van der Waals surface area contributed by atoms with Crippen molar-refractivity contribution in [1.29, 1.82) is 0 Å². The van der Waals surface area contributed by atoms with Gasteiger partial charge in [-0.1, -0.05) is 12.3 Å². The summed E-state index contributed by atoms with van der Waals surface area (Å²) in [5.74, 6) is 0. The maximum absolute atomic E-state index is 5.20. The second kappa shape index (κ2) is 4.22. The number of ether oxygens (including phenoxy) is 1. The third-order valence-corrected chi connectivity index (χ3v) is 2.13. The first-order valence-electron chi connectivity index (χ1n) is 4.00. The number of nitrogens with zero attached hydrogens (tertiary/aromatic N) is 1. The van der Waals surface area contributed by atoms with Gasteiger partial charge in [-0.25, -0.2) is 0 Å². The van der Waals surface area contributed by atoms with E-state index in [1.165, 1.54) is 25.6 Å². The minimum absolute atomic E-state index is 0.597. The van der Waals surface area contributed by atoms with E-state index in [4.69, 9.17) is 4.74 Å². The molecule has 0 aromatic heterocycles. The third-order valence-electron chi connectivity index (χ3n) is 2.13. The lowest BCUT2D eigenvalue weighted by molar-refractivity contribution is 0.161. The van der Waals surface area contributed by atoms with Gasteiger partial charge in [-0.3, -0.25) is 0 Å². The Hall–Kier alpha value is -0.720. The lowest BCUT2D eigenvalue weighted by Gasteiger charge is -2.17. The quantitative estimate of drug-likeness (QED) is 0.449. The number of likely N-dealkylation sites (tertiary alicyclic amines) is 1. The standard InChI is InChI=1S/C9H15NO/c1-3-7-11-8-9-5-4-6-10(9)2/h7,9H,1,4-6,8H2,2H3/t9-/m1/s1. The molecule has 0 unspecified atom stereocenters. The fourth-order valence-electron chi connectivity index (χ4n) is 1.41. The molecular weight excluding hydrogens is 138 g/mol. The summed E-state index contributed by atoms with van der Waals surface area (Å²) < 4.78 is 5.20. The van der Waals surface area contributed by atoms with Crippen molar-refractivity contribution in [1.82, 2.24) is 4.90 Å². The smallest absolute Gasteiger partial charge is 0.124 e. The average Bonchev–Trinajstić information content (AvgIpc) is 2.37. The molecule has 1 aliphatic heterocycles. The van der Waals surface area contributed by atoms with Gasteiger partial charge in [0.25, 0.3) is 0 Å². The molecule has 1 aliphatic rings. The molecule has 0 bridgehead atoms. The highest BCUT2D eigenvalue weighted by Crippen LogP contribution is 2.14. The minimum Gasteiger partial charge on any atom is -0.491 e. The van der Waals surface area contributed by atoms with Gasteiger partial charge in [0, 0.05) is 6.04 Å². The Morgan fingerprint density at radius 3 is 3.18 bits per heavy atom. The van der Waals surface area contributed by atoms with Crippen molar-refractivity contribution in [3.63, 3.8) is 0 Å². The van der Waals surface area contributed by atoms with E-state index in [1.54, 1.807) is 0 Å². The summed E-state index contributed by atoms with van der Waals surface area (Å²) in [6, 6.07) is 0.597. The molecule has 0 amide bonds. The van der Waals surface area contributed by atoms with Gasteiger partial charge >= 0.3 is 0 Å². The first-order valence-corrected chi connectivity index (χ1v) is 4.00. The molecule has 0 aromatic carbocycles. The average molecular weight is 153 g/mol. The van der Waals surface area contributed by atoms with E-state index < -0.39 is 0 Å². The van der Waals surface area contributed by atoms with Gasteiger partial charge in [-0.2, -0.15) is 0 Å². The van der Waals surface area contributed by atoms with Gasteiger partial charge in [0.1, 0.15) is 12.9 Å². The molecule has 0 aliphatic carbocycles. The summed E-state index contributed by atoms with van der Waals surface area (Å²) in [5.41, 5.74) is 2.59. The van der Waals surface area contributed by atoms with Gasteiger partial charge in [-0.05, 0) is 26.4 Å². The van der Waals surface area contributed by atoms with Gasteiger partial charge in [0.15, 0.2) is 0 Å². The monoisotopic (exact) mass is 153 g/mol. The zero-order chi connectivity index (χ0) is 8.10. The van der Waals surface area contributed by atoms with Crippen molar-refractivity contribution < 1.29 is 4.74 Å². The van der Waals surface area contributed by atoms with Gasteiger partial charge in [0.05, 0.1) is 0 Å². The van der Waals surface area contributed by atoms with Gasteiger partial charge < -0.3 is 9.64 Å². The SMILES string of the molecule is C=C=COC[C@H]1CCCN1C. The van der Waals surface area contributed by atoms with E-state index in [9.17, 15) is 0 Å². The summed E-state index contributed by atoms with van der Waals surface area (Å²) in [4.78, 5) is 2.33. The number of hydrogen-bond donors (Lipinski definition) is 0. The van der Waals surface area contributed by atoms with E-state index in [0.717, 1.165) is 6.61 Å². The molecule has 0 spiro atoms. The number of rotatable bonds is 3. The zero-order valence-electron chi connectivity index (χ0n) is 7.05. The highest BCUT2D eigenvalue weighted by molar-refractivity contribution is 4.77. The molecule has 62 valence electrons. The van der Waals surface area contributed by atoms with Crippen LogP contribution in [0.5, 0.6) is 0 Å². The van der Waals surface area contributed by atoms with E-state index in [0.29, 0.717) is 6.04 Å². The van der Waals surface area contributed by atoms with Crippen LogP contribution < -0.4 is 0 Å². The molecular formula is C9H15NO. The zero-order valence-corrected chi connectivity index (χ0v) is 7.05. The molecule has 1 saturated heterocycles. The number of likely N-dealkylation sites (N-methyl/N-ethyl adjacent to an activating group) is 1. The maximum atomic E-state index is 5.20. The van der Waals surface area contributed by atoms with Crippen LogP contribution in [0.25, 0.3) is 0 Å². The predicted octanol–water partition coefficient (Wildman–Crippen LogP) is 1.40. The van der Waals surface area contributed by atoms with Crippen LogP contribution in [-0.2, 0) is 4.74 Å². The molecule has 0 N–H and O–H groups in total. The third kappa shape index (κ3) is 2.41. The Balaban J connectivity index is 2.20. The summed E-state index contributed by atoms with van der Waals surface area (Å²) >= 11 is 0. The Morgan fingerprint density at radius 1 is 1.82 bits per heavy atom. The topological polar surface area (TPSA) is 12.5 Å². The Kier molecular flexibility index (Phi) is 3.21. The van der Waals surface area contributed by atoms with Crippen molar-refractivity contribution in [2.75, 3.05) is 20.2 Å². The minimum atomic E-state index is 0.597. The summed E-state index contributed by atoms with van der Waals surface area (Å²) in [7, 11) is 2.14. The molecule has 0 aromatic rings. The van der Waals surface area contributed by atoms with E-state index in [-0.39, 0.29) is 0 Å². The molecule has 2 heteroatoms. The van der Waals surface area contributed by atoms with Crippen molar-refractivity contribution >= 4 is 0 Å². The fourth-order valence-corrected chi connectivity index (χ4v) is 1.41. The van der Waals surface area contributed by atoms with Crippen LogP contribution in [0.1, 0.15) is 12.8 Å². The molecule has 2 nitrogen and oxygen atoms in total. The van der Waals surface area contributed by atoms with Crippen LogP contribution in [0.4, 0.5) is 0 Å². The van der Waals surface area contributed by atoms with Crippen molar-refractivity contribution in [2.45, 2.75) is 18.9 Å². The van der Waals surface area contributed by atoms with Crippen LogP contribution in [0.2, 0.25) is 0 Å². The molecule has 1 heterocycles. The molecule has 1 rings (SSSR count). The highest BCUT2D eigenvalue weighted by Gasteiger charge is 2.20. The van der Waals surface area contributed by atoms with Gasteiger partial charge in [-0.15, -0.1) is 0 Å². The Morgan fingerprint density at radius 2 is 2.64 bits per heavy atom. The van der Waals surface area contributed by atoms with Gasteiger partial charge in [0.2, 0.25) is 0 Å². The second-order valence-electron chi connectivity index (χ2n) is 2.93. The largest absolute Gasteiger partial charge is 0.491 e. The van der Waals surface area contributed by atoms with Crippen molar-refractivity contribution in [3.8, 4) is 0 Å². The molecule has 11 heavy (non-hydrogen) atoms. The van der Waals surface area contributed by atoms with E-state index >= 15 is 0 Å². The lowest BCUT2D eigenvalue weighted by atomic mass is 10.2. The predicted molar refractivity (Wildman–Crippen MR) is 45.3 cm³/mol. The Bertz CT molecular complexity index is 161.